The number of sulfonamides is 1. The highest BCUT2D eigenvalue weighted by molar-refractivity contribution is 7.92. The summed E-state index contributed by atoms with van der Waals surface area (Å²) in [7, 11) is -3.29. The van der Waals surface area contributed by atoms with Gasteiger partial charge in [0.05, 0.1) is 12.3 Å². The van der Waals surface area contributed by atoms with Gasteiger partial charge >= 0.3 is 0 Å². The van der Waals surface area contributed by atoms with Crippen molar-refractivity contribution < 1.29 is 13.2 Å². The van der Waals surface area contributed by atoms with Gasteiger partial charge in [-0.15, -0.1) is 5.10 Å². The van der Waals surface area contributed by atoms with Crippen LogP contribution in [0.1, 0.15) is 24.3 Å². The highest BCUT2D eigenvalue weighted by Gasteiger charge is 2.25. The molecule has 1 fully saturated rings. The zero-order valence-electron chi connectivity index (χ0n) is 12.6. The van der Waals surface area contributed by atoms with E-state index in [-0.39, 0.29) is 5.75 Å². The monoisotopic (exact) mass is 334 g/mol. The van der Waals surface area contributed by atoms with Gasteiger partial charge in [-0.1, -0.05) is 29.5 Å². The van der Waals surface area contributed by atoms with Crippen LogP contribution < -0.4 is 4.72 Å². The molecule has 1 saturated heterocycles. The first-order valence-electron chi connectivity index (χ1n) is 7.74. The smallest absolute Gasteiger partial charge is 0.235 e. The topological polar surface area (TPSA) is 86.1 Å². The van der Waals surface area contributed by atoms with Gasteiger partial charge in [0, 0.05) is 18.8 Å². The van der Waals surface area contributed by atoms with Crippen LogP contribution in [0.5, 0.6) is 0 Å². The normalized spacial score (nSPS) is 20.7. The zero-order chi connectivity index (χ0) is 15.9. The quantitative estimate of drug-likeness (QED) is 0.901. The Hall–Kier alpha value is -1.93. The lowest BCUT2D eigenvalue weighted by molar-refractivity contribution is 0.0853. The maximum atomic E-state index is 11.8. The molecule has 0 unspecified atom stereocenters. The maximum Gasteiger partial charge on any atom is 0.235 e. The number of ether oxygens (including phenoxy) is 1. The van der Waals surface area contributed by atoms with Crippen LogP contribution in [-0.2, 0) is 21.3 Å². The molecule has 1 N–H and O–H groups in total. The maximum absolute atomic E-state index is 11.8. The van der Waals surface area contributed by atoms with Crippen LogP contribution in [0.3, 0.4) is 0 Å². The van der Waals surface area contributed by atoms with Crippen LogP contribution in [0, 0.1) is 0 Å². The number of hydrogen-bond donors (Lipinski definition) is 1. The first kappa shape index (κ1) is 14.6. The second-order valence-electron chi connectivity index (χ2n) is 5.94. The van der Waals surface area contributed by atoms with E-state index >= 15 is 0 Å². The lowest BCUT2D eigenvalue weighted by atomic mass is 9.91. The zero-order valence-corrected chi connectivity index (χ0v) is 13.4. The van der Waals surface area contributed by atoms with Crippen molar-refractivity contribution in [2.45, 2.75) is 25.3 Å². The van der Waals surface area contributed by atoms with Gasteiger partial charge in [0.15, 0.2) is 5.82 Å². The molecule has 7 nitrogen and oxygen atoms in total. The van der Waals surface area contributed by atoms with E-state index in [9.17, 15) is 8.42 Å². The predicted octanol–water partition coefficient (Wildman–Crippen LogP) is 1.59. The standard InChI is InChI=1S/C15H18N4O3S/c20-23(21)10-7-19-15(17-23)14(16-18-19)13-3-1-11(2-4-13)12-5-8-22-9-6-12/h1-4,12,17H,5-10H2. The number of anilines is 1. The van der Waals surface area contributed by atoms with E-state index in [1.54, 1.807) is 4.68 Å². The van der Waals surface area contributed by atoms with Crippen molar-refractivity contribution >= 4 is 15.8 Å². The van der Waals surface area contributed by atoms with Gasteiger partial charge in [0.2, 0.25) is 10.0 Å². The number of benzene rings is 1. The average Bonchev–Trinajstić information content (AvgIpc) is 2.97. The number of nitrogens with zero attached hydrogens (tertiary/aromatic N) is 3. The van der Waals surface area contributed by atoms with E-state index < -0.39 is 10.0 Å². The number of fused-ring (bicyclic) bond motifs is 1. The van der Waals surface area contributed by atoms with Crippen LogP contribution in [-0.4, -0.2) is 42.4 Å². The van der Waals surface area contributed by atoms with E-state index in [4.69, 9.17) is 4.74 Å². The van der Waals surface area contributed by atoms with Gasteiger partial charge in [-0.3, -0.25) is 4.72 Å². The second kappa shape index (κ2) is 5.61. The lowest BCUT2D eigenvalue weighted by Crippen LogP contribution is -2.28. The van der Waals surface area contributed by atoms with Crippen LogP contribution in [0.15, 0.2) is 24.3 Å². The summed E-state index contributed by atoms with van der Waals surface area (Å²) in [4.78, 5) is 0. The van der Waals surface area contributed by atoms with Crippen molar-refractivity contribution in [3.05, 3.63) is 29.8 Å². The summed E-state index contributed by atoms with van der Waals surface area (Å²) in [5, 5.41) is 8.18. The SMILES string of the molecule is O=S1(=O)CCn2nnc(-c3ccc(C4CCOCC4)cc3)c2N1. The fourth-order valence-electron chi connectivity index (χ4n) is 3.11. The number of aryl methyl sites for hydroxylation is 1. The molecule has 1 aromatic carbocycles. The summed E-state index contributed by atoms with van der Waals surface area (Å²) in [5.41, 5.74) is 2.73. The fraction of sp³-hybridized carbons (Fsp3) is 0.467. The summed E-state index contributed by atoms with van der Waals surface area (Å²) in [6.07, 6.45) is 2.08. The molecule has 0 saturated carbocycles. The van der Waals surface area contributed by atoms with Crippen molar-refractivity contribution in [3.8, 4) is 11.3 Å². The van der Waals surface area contributed by atoms with Gasteiger partial charge in [0.1, 0.15) is 5.69 Å². The molecule has 4 rings (SSSR count). The molecule has 3 heterocycles. The third-order valence-corrected chi connectivity index (χ3v) is 5.66. The van der Waals surface area contributed by atoms with E-state index in [2.05, 4.69) is 27.2 Å². The van der Waals surface area contributed by atoms with E-state index in [1.807, 2.05) is 12.1 Å². The number of hydrogen-bond acceptors (Lipinski definition) is 5. The largest absolute Gasteiger partial charge is 0.381 e. The van der Waals surface area contributed by atoms with Crippen molar-refractivity contribution in [3.63, 3.8) is 0 Å². The Kier molecular flexibility index (Phi) is 3.57. The van der Waals surface area contributed by atoms with Gasteiger partial charge in [-0.25, -0.2) is 13.1 Å². The molecule has 0 aliphatic carbocycles. The first-order chi connectivity index (χ1) is 11.1. The van der Waals surface area contributed by atoms with Crippen molar-refractivity contribution in [1.82, 2.24) is 15.0 Å². The Morgan fingerprint density at radius 1 is 1.17 bits per heavy atom. The third-order valence-electron chi connectivity index (χ3n) is 4.44. The molecule has 8 heteroatoms. The van der Waals surface area contributed by atoms with Crippen LogP contribution in [0.4, 0.5) is 5.82 Å². The number of aromatic nitrogens is 3. The minimum Gasteiger partial charge on any atom is -0.381 e. The van der Waals surface area contributed by atoms with Crippen LogP contribution in [0.2, 0.25) is 0 Å². The van der Waals surface area contributed by atoms with Crippen LogP contribution >= 0.6 is 0 Å². The van der Waals surface area contributed by atoms with E-state index in [0.717, 1.165) is 31.6 Å². The highest BCUT2D eigenvalue weighted by Crippen LogP contribution is 2.31. The molecule has 122 valence electrons. The Bertz CT molecular complexity index is 808. The van der Waals surface area contributed by atoms with Gasteiger partial charge in [-0.2, -0.15) is 0 Å². The Labute approximate surface area is 134 Å². The van der Waals surface area contributed by atoms with Crippen molar-refractivity contribution in [2.75, 3.05) is 23.7 Å². The summed E-state index contributed by atoms with van der Waals surface area (Å²) < 4.78 is 33.1. The Balaban J connectivity index is 1.63. The molecule has 2 aliphatic rings. The molecular weight excluding hydrogens is 316 g/mol. The van der Waals surface area contributed by atoms with Crippen molar-refractivity contribution in [2.24, 2.45) is 0 Å². The molecule has 0 bridgehead atoms. The molecule has 0 spiro atoms. The minimum atomic E-state index is -3.29. The molecule has 0 radical (unpaired) electrons. The lowest BCUT2D eigenvalue weighted by Gasteiger charge is -2.22. The van der Waals surface area contributed by atoms with Gasteiger partial charge in [0.25, 0.3) is 0 Å². The second-order valence-corrected chi connectivity index (χ2v) is 7.78. The summed E-state index contributed by atoms with van der Waals surface area (Å²) >= 11 is 0. The van der Waals surface area contributed by atoms with E-state index in [0.29, 0.717) is 24.0 Å². The summed E-state index contributed by atoms with van der Waals surface area (Å²) in [6, 6.07) is 8.15. The highest BCUT2D eigenvalue weighted by atomic mass is 32.2. The van der Waals surface area contributed by atoms with Gasteiger partial charge < -0.3 is 4.74 Å². The number of rotatable bonds is 2. The molecular formula is C15H18N4O3S. The van der Waals surface area contributed by atoms with Crippen molar-refractivity contribution in [1.29, 1.82) is 0 Å². The molecule has 2 aromatic rings. The molecule has 2 aliphatic heterocycles. The fourth-order valence-corrected chi connectivity index (χ4v) is 4.13. The van der Waals surface area contributed by atoms with E-state index in [1.165, 1.54) is 5.56 Å². The Morgan fingerprint density at radius 2 is 1.91 bits per heavy atom. The molecule has 23 heavy (non-hydrogen) atoms. The predicted molar refractivity (Wildman–Crippen MR) is 85.7 cm³/mol. The molecule has 0 amide bonds. The summed E-state index contributed by atoms with van der Waals surface area (Å²) in [6.45, 7) is 1.96. The average molecular weight is 334 g/mol. The van der Waals surface area contributed by atoms with Crippen LogP contribution in [0.25, 0.3) is 11.3 Å². The minimum absolute atomic E-state index is 0.0332. The number of nitrogens with one attached hydrogen (secondary N) is 1. The third kappa shape index (κ3) is 2.84. The first-order valence-corrected chi connectivity index (χ1v) is 9.40. The van der Waals surface area contributed by atoms with Gasteiger partial charge in [-0.05, 0) is 24.3 Å². The molecule has 1 aromatic heterocycles. The molecule has 0 atom stereocenters. The Morgan fingerprint density at radius 3 is 2.65 bits per heavy atom. The summed E-state index contributed by atoms with van der Waals surface area (Å²) in [5.74, 6) is 1.02.